The van der Waals surface area contributed by atoms with Gasteiger partial charge in [0.25, 0.3) is 0 Å². The summed E-state index contributed by atoms with van der Waals surface area (Å²) >= 11 is 0. The first-order chi connectivity index (χ1) is 9.49. The average Bonchev–Trinajstić information content (AvgIpc) is 2.38. The fraction of sp³-hybridized carbons (Fsp3) is 0.500. The molecule has 1 amide bonds. The molecule has 20 heavy (non-hydrogen) atoms. The zero-order valence-corrected chi connectivity index (χ0v) is 11.7. The SMILES string of the molecule is CC(C)CC(NC(=O)OCCc1ccccn1)C(=O)O. The van der Waals surface area contributed by atoms with Gasteiger partial charge in [0.15, 0.2) is 0 Å². The molecule has 0 saturated carbocycles. The van der Waals surface area contributed by atoms with Crippen molar-refractivity contribution < 1.29 is 19.4 Å². The highest BCUT2D eigenvalue weighted by Crippen LogP contribution is 2.05. The van der Waals surface area contributed by atoms with Gasteiger partial charge < -0.3 is 15.2 Å². The number of alkyl carbamates (subject to hydrolysis) is 1. The molecule has 1 heterocycles. The van der Waals surface area contributed by atoms with E-state index >= 15 is 0 Å². The summed E-state index contributed by atoms with van der Waals surface area (Å²) in [6, 6.07) is 4.57. The van der Waals surface area contributed by atoms with Crippen LogP contribution in [-0.2, 0) is 16.0 Å². The molecule has 0 spiro atoms. The van der Waals surface area contributed by atoms with Gasteiger partial charge in [0.05, 0.1) is 6.61 Å². The summed E-state index contributed by atoms with van der Waals surface area (Å²) < 4.78 is 4.95. The smallest absolute Gasteiger partial charge is 0.407 e. The minimum atomic E-state index is -1.06. The lowest BCUT2D eigenvalue weighted by molar-refractivity contribution is -0.139. The van der Waals surface area contributed by atoms with Crippen molar-refractivity contribution in [2.45, 2.75) is 32.7 Å². The fourth-order valence-electron chi connectivity index (χ4n) is 1.67. The van der Waals surface area contributed by atoms with Gasteiger partial charge in [-0.3, -0.25) is 4.98 Å². The van der Waals surface area contributed by atoms with Crippen molar-refractivity contribution in [2.75, 3.05) is 6.61 Å². The molecule has 0 aliphatic rings. The molecule has 1 rings (SSSR count). The highest BCUT2D eigenvalue weighted by Gasteiger charge is 2.21. The number of aromatic nitrogens is 1. The van der Waals surface area contributed by atoms with Gasteiger partial charge in [0.2, 0.25) is 0 Å². The first kappa shape index (κ1) is 15.9. The minimum absolute atomic E-state index is 0.164. The van der Waals surface area contributed by atoms with Crippen LogP contribution in [0.15, 0.2) is 24.4 Å². The highest BCUT2D eigenvalue weighted by atomic mass is 16.5. The number of amides is 1. The number of ether oxygens (including phenoxy) is 1. The summed E-state index contributed by atoms with van der Waals surface area (Å²) in [4.78, 5) is 26.6. The third kappa shape index (κ3) is 6.17. The molecule has 1 aromatic heterocycles. The molecule has 110 valence electrons. The predicted molar refractivity (Wildman–Crippen MR) is 73.3 cm³/mol. The fourth-order valence-corrected chi connectivity index (χ4v) is 1.67. The van der Waals surface area contributed by atoms with Crippen molar-refractivity contribution in [3.05, 3.63) is 30.1 Å². The van der Waals surface area contributed by atoms with Crippen LogP contribution >= 0.6 is 0 Å². The topological polar surface area (TPSA) is 88.5 Å². The van der Waals surface area contributed by atoms with E-state index in [-0.39, 0.29) is 12.5 Å². The molecule has 0 aromatic carbocycles. The average molecular weight is 280 g/mol. The first-order valence-electron chi connectivity index (χ1n) is 6.55. The number of carbonyl (C=O) groups is 2. The van der Waals surface area contributed by atoms with E-state index in [0.717, 1.165) is 5.69 Å². The van der Waals surface area contributed by atoms with Gasteiger partial charge >= 0.3 is 12.1 Å². The number of carboxylic acid groups (broad SMARTS) is 1. The Labute approximate surface area is 118 Å². The normalized spacial score (nSPS) is 11.9. The lowest BCUT2D eigenvalue weighted by Gasteiger charge is -2.16. The van der Waals surface area contributed by atoms with Crippen LogP contribution in [0.25, 0.3) is 0 Å². The van der Waals surface area contributed by atoms with Crippen molar-refractivity contribution in [2.24, 2.45) is 5.92 Å². The third-order valence-corrected chi connectivity index (χ3v) is 2.61. The summed E-state index contributed by atoms with van der Waals surface area (Å²) in [6.07, 6.45) is 1.81. The predicted octanol–water partition coefficient (Wildman–Crippen LogP) is 1.85. The van der Waals surface area contributed by atoms with Gasteiger partial charge in [-0.05, 0) is 24.5 Å². The van der Waals surface area contributed by atoms with Crippen LogP contribution in [0.3, 0.4) is 0 Å². The van der Waals surface area contributed by atoms with E-state index in [1.165, 1.54) is 0 Å². The Kier molecular flexibility index (Phi) is 6.49. The van der Waals surface area contributed by atoms with Crippen LogP contribution < -0.4 is 5.32 Å². The second-order valence-corrected chi connectivity index (χ2v) is 4.87. The number of hydrogen-bond acceptors (Lipinski definition) is 4. The van der Waals surface area contributed by atoms with E-state index in [2.05, 4.69) is 10.3 Å². The van der Waals surface area contributed by atoms with Gasteiger partial charge in [-0.2, -0.15) is 0 Å². The molecule has 1 atom stereocenters. The molecular weight excluding hydrogens is 260 g/mol. The maximum absolute atomic E-state index is 11.5. The van der Waals surface area contributed by atoms with E-state index in [9.17, 15) is 9.59 Å². The number of aliphatic carboxylic acids is 1. The van der Waals surface area contributed by atoms with Gasteiger partial charge in [-0.25, -0.2) is 9.59 Å². The molecule has 2 N–H and O–H groups in total. The lowest BCUT2D eigenvalue weighted by Crippen LogP contribution is -2.42. The molecule has 6 nitrogen and oxygen atoms in total. The van der Waals surface area contributed by atoms with E-state index in [1.54, 1.807) is 12.3 Å². The number of hydrogen-bond donors (Lipinski definition) is 2. The summed E-state index contributed by atoms with van der Waals surface area (Å²) in [5.41, 5.74) is 0.817. The van der Waals surface area contributed by atoms with Crippen molar-refractivity contribution in [3.63, 3.8) is 0 Å². The molecule has 0 radical (unpaired) electrons. The molecular formula is C14H20N2O4. The zero-order chi connectivity index (χ0) is 15.0. The van der Waals surface area contributed by atoms with Gasteiger partial charge in [0.1, 0.15) is 6.04 Å². The molecule has 0 aliphatic carbocycles. The van der Waals surface area contributed by atoms with E-state index in [4.69, 9.17) is 9.84 Å². The number of carbonyl (C=O) groups excluding carboxylic acids is 1. The van der Waals surface area contributed by atoms with E-state index < -0.39 is 18.1 Å². The van der Waals surface area contributed by atoms with Crippen LogP contribution in [0.5, 0.6) is 0 Å². The van der Waals surface area contributed by atoms with Crippen LogP contribution in [0, 0.1) is 5.92 Å². The second kappa shape index (κ2) is 8.14. The van der Waals surface area contributed by atoms with Crippen molar-refractivity contribution in [3.8, 4) is 0 Å². The highest BCUT2D eigenvalue weighted by molar-refractivity contribution is 5.79. The van der Waals surface area contributed by atoms with Crippen LogP contribution in [0.4, 0.5) is 4.79 Å². The van der Waals surface area contributed by atoms with Crippen molar-refractivity contribution >= 4 is 12.1 Å². The standard InChI is InChI=1S/C14H20N2O4/c1-10(2)9-12(13(17)18)16-14(19)20-8-6-11-5-3-4-7-15-11/h3-5,7,10,12H,6,8-9H2,1-2H3,(H,16,19)(H,17,18). The van der Waals surface area contributed by atoms with Gasteiger partial charge in [0, 0.05) is 18.3 Å². The summed E-state index contributed by atoms with van der Waals surface area (Å²) in [6.45, 7) is 3.95. The maximum atomic E-state index is 11.5. The number of nitrogens with one attached hydrogen (secondary N) is 1. The summed E-state index contributed by atoms with van der Waals surface area (Å²) in [5.74, 6) is -0.884. The zero-order valence-electron chi connectivity index (χ0n) is 11.7. The number of nitrogens with zero attached hydrogens (tertiary/aromatic N) is 1. The second-order valence-electron chi connectivity index (χ2n) is 4.87. The van der Waals surface area contributed by atoms with Crippen molar-refractivity contribution in [1.29, 1.82) is 0 Å². The van der Waals surface area contributed by atoms with E-state index in [1.807, 2.05) is 26.0 Å². The number of carboxylic acids is 1. The molecule has 0 aliphatic heterocycles. The van der Waals surface area contributed by atoms with Crippen molar-refractivity contribution in [1.82, 2.24) is 10.3 Å². The maximum Gasteiger partial charge on any atom is 0.407 e. The summed E-state index contributed by atoms with van der Waals surface area (Å²) in [5, 5.41) is 11.3. The Morgan fingerprint density at radius 2 is 2.15 bits per heavy atom. The van der Waals surface area contributed by atoms with Gasteiger partial charge in [-0.1, -0.05) is 19.9 Å². The minimum Gasteiger partial charge on any atom is -0.480 e. The molecule has 1 aromatic rings. The Bertz CT molecular complexity index is 434. The van der Waals surface area contributed by atoms with Crippen LogP contribution in [-0.4, -0.2) is 34.8 Å². The van der Waals surface area contributed by atoms with Crippen LogP contribution in [0.2, 0.25) is 0 Å². The molecule has 1 unspecified atom stereocenters. The Hall–Kier alpha value is -2.11. The number of pyridine rings is 1. The van der Waals surface area contributed by atoms with Crippen LogP contribution in [0.1, 0.15) is 26.0 Å². The Morgan fingerprint density at radius 1 is 1.40 bits per heavy atom. The molecule has 0 bridgehead atoms. The quantitative estimate of drug-likeness (QED) is 0.795. The first-order valence-corrected chi connectivity index (χ1v) is 6.55. The molecule has 0 fully saturated rings. The third-order valence-electron chi connectivity index (χ3n) is 2.61. The largest absolute Gasteiger partial charge is 0.480 e. The molecule has 6 heteroatoms. The summed E-state index contributed by atoms with van der Waals surface area (Å²) in [7, 11) is 0. The van der Waals surface area contributed by atoms with E-state index in [0.29, 0.717) is 12.8 Å². The van der Waals surface area contributed by atoms with Gasteiger partial charge in [-0.15, -0.1) is 0 Å². The Morgan fingerprint density at radius 3 is 2.70 bits per heavy atom. The molecule has 0 saturated heterocycles. The Balaban J connectivity index is 2.33. The lowest BCUT2D eigenvalue weighted by atomic mass is 10.0. The number of rotatable bonds is 7. The monoisotopic (exact) mass is 280 g/mol.